The van der Waals surface area contributed by atoms with E-state index < -0.39 is 6.10 Å². The average molecular weight is 303 g/mol. The fraction of sp³-hybridized carbons (Fsp3) is 0.722. The smallest absolute Gasteiger partial charge is 0.226 e. The van der Waals surface area contributed by atoms with Crippen LogP contribution in [0.5, 0.6) is 0 Å². The Morgan fingerprint density at radius 3 is 2.45 bits per heavy atom. The summed E-state index contributed by atoms with van der Waals surface area (Å²) in [5.74, 6) is 3.16. The Kier molecular flexibility index (Phi) is 3.52. The van der Waals surface area contributed by atoms with Crippen molar-refractivity contribution in [1.29, 1.82) is 0 Å². The summed E-state index contributed by atoms with van der Waals surface area (Å²) in [5, 5.41) is 13.1. The van der Waals surface area contributed by atoms with Crippen LogP contribution in [0.3, 0.4) is 0 Å². The molecule has 1 unspecified atom stereocenters. The Hall–Kier alpha value is -1.29. The molecule has 0 aromatic carbocycles. The third-order valence-electron chi connectivity index (χ3n) is 6.09. The average Bonchev–Trinajstić information content (AvgIpc) is 2.99. The molecule has 1 atom stereocenters. The molecular formula is C18H25NO3. The van der Waals surface area contributed by atoms with Crippen molar-refractivity contribution in [2.45, 2.75) is 51.0 Å². The van der Waals surface area contributed by atoms with Gasteiger partial charge in [0, 0.05) is 12.0 Å². The van der Waals surface area contributed by atoms with Crippen LogP contribution in [-0.4, -0.2) is 17.6 Å². The predicted molar refractivity (Wildman–Crippen MR) is 81.9 cm³/mol. The van der Waals surface area contributed by atoms with Gasteiger partial charge in [0.15, 0.2) is 0 Å². The van der Waals surface area contributed by atoms with E-state index >= 15 is 0 Å². The lowest BCUT2D eigenvalue weighted by Gasteiger charge is -2.55. The molecular weight excluding hydrogens is 278 g/mol. The van der Waals surface area contributed by atoms with E-state index in [-0.39, 0.29) is 11.3 Å². The molecule has 2 N–H and O–H groups in total. The zero-order chi connectivity index (χ0) is 15.2. The Morgan fingerprint density at radius 2 is 1.91 bits per heavy atom. The number of amides is 1. The van der Waals surface area contributed by atoms with E-state index in [1.807, 2.05) is 0 Å². The van der Waals surface area contributed by atoms with Crippen LogP contribution in [0.2, 0.25) is 0 Å². The molecule has 1 amide bonds. The van der Waals surface area contributed by atoms with E-state index in [9.17, 15) is 9.90 Å². The molecule has 5 rings (SSSR count). The molecule has 1 aromatic rings. The van der Waals surface area contributed by atoms with Crippen LogP contribution in [0.1, 0.15) is 56.8 Å². The summed E-state index contributed by atoms with van der Waals surface area (Å²) in [4.78, 5) is 12.7. The second kappa shape index (κ2) is 5.41. The van der Waals surface area contributed by atoms with Gasteiger partial charge in [-0.3, -0.25) is 4.79 Å². The van der Waals surface area contributed by atoms with Gasteiger partial charge in [-0.15, -0.1) is 0 Å². The van der Waals surface area contributed by atoms with Crippen LogP contribution in [0.25, 0.3) is 0 Å². The molecule has 0 aliphatic heterocycles. The molecule has 0 radical (unpaired) electrons. The van der Waals surface area contributed by atoms with E-state index in [1.165, 1.54) is 19.3 Å². The summed E-state index contributed by atoms with van der Waals surface area (Å²) in [5.41, 5.74) is -0.0929. The summed E-state index contributed by atoms with van der Waals surface area (Å²) < 4.78 is 5.19. The van der Waals surface area contributed by atoms with Crippen LogP contribution in [-0.2, 0) is 4.79 Å². The standard InChI is InChI=1S/C18H25NO3/c20-15(16-2-1-5-22-16)3-4-19-17(21)18-9-12-6-13(10-18)8-14(7-12)11-18/h1-2,5,12-15,20H,3-4,6-11H2,(H,19,21). The van der Waals surface area contributed by atoms with Crippen molar-refractivity contribution >= 4 is 5.91 Å². The minimum absolute atomic E-state index is 0.0929. The molecule has 22 heavy (non-hydrogen) atoms. The van der Waals surface area contributed by atoms with Gasteiger partial charge in [-0.25, -0.2) is 0 Å². The fourth-order valence-corrected chi connectivity index (χ4v) is 5.52. The van der Waals surface area contributed by atoms with Crippen LogP contribution in [0.15, 0.2) is 22.8 Å². The van der Waals surface area contributed by atoms with E-state index in [2.05, 4.69) is 5.32 Å². The second-order valence-corrected chi connectivity index (χ2v) is 7.77. The first-order valence-corrected chi connectivity index (χ1v) is 8.64. The zero-order valence-corrected chi connectivity index (χ0v) is 13.0. The predicted octanol–water partition coefficient (Wildman–Crippen LogP) is 3.04. The highest BCUT2D eigenvalue weighted by molar-refractivity contribution is 5.83. The normalized spacial score (nSPS) is 37.2. The third-order valence-corrected chi connectivity index (χ3v) is 6.09. The number of carbonyl (C=O) groups excluding carboxylic acids is 1. The maximum atomic E-state index is 12.7. The van der Waals surface area contributed by atoms with Crippen molar-refractivity contribution in [3.8, 4) is 0 Å². The highest BCUT2D eigenvalue weighted by Crippen LogP contribution is 2.60. The van der Waals surface area contributed by atoms with Crippen molar-refractivity contribution in [3.05, 3.63) is 24.2 Å². The van der Waals surface area contributed by atoms with Crippen molar-refractivity contribution in [1.82, 2.24) is 5.32 Å². The zero-order valence-electron chi connectivity index (χ0n) is 13.0. The molecule has 1 aromatic heterocycles. The molecule has 4 bridgehead atoms. The maximum Gasteiger partial charge on any atom is 0.226 e. The Labute approximate surface area is 131 Å². The highest BCUT2D eigenvalue weighted by atomic mass is 16.4. The Balaban J connectivity index is 1.33. The monoisotopic (exact) mass is 303 g/mol. The molecule has 0 saturated heterocycles. The number of furan rings is 1. The van der Waals surface area contributed by atoms with Crippen molar-refractivity contribution < 1.29 is 14.3 Å². The van der Waals surface area contributed by atoms with Gasteiger partial charge in [-0.2, -0.15) is 0 Å². The first kappa shape index (κ1) is 14.3. The van der Waals surface area contributed by atoms with Crippen LogP contribution in [0, 0.1) is 23.2 Å². The summed E-state index contributed by atoms with van der Waals surface area (Å²) in [6, 6.07) is 3.54. The highest BCUT2D eigenvalue weighted by Gasteiger charge is 2.54. The number of rotatable bonds is 5. The first-order valence-electron chi connectivity index (χ1n) is 8.64. The van der Waals surface area contributed by atoms with Gasteiger partial charge in [0.2, 0.25) is 5.91 Å². The SMILES string of the molecule is O=C(NCCC(O)c1ccco1)C12CC3CC(CC(C3)C1)C2. The number of carbonyl (C=O) groups is 1. The van der Waals surface area contributed by atoms with Gasteiger partial charge in [-0.05, 0) is 74.8 Å². The molecule has 4 saturated carbocycles. The summed E-state index contributed by atoms with van der Waals surface area (Å²) in [6.07, 6.45) is 8.75. The summed E-state index contributed by atoms with van der Waals surface area (Å²) >= 11 is 0. The van der Waals surface area contributed by atoms with Gasteiger partial charge < -0.3 is 14.8 Å². The Bertz CT molecular complexity index is 501. The van der Waals surface area contributed by atoms with Gasteiger partial charge in [0.05, 0.1) is 6.26 Å². The van der Waals surface area contributed by atoms with E-state index in [1.54, 1.807) is 18.4 Å². The maximum absolute atomic E-state index is 12.7. The minimum Gasteiger partial charge on any atom is -0.467 e. The molecule has 4 nitrogen and oxygen atoms in total. The minimum atomic E-state index is -0.633. The number of nitrogens with one attached hydrogen (secondary N) is 1. The van der Waals surface area contributed by atoms with E-state index in [4.69, 9.17) is 4.42 Å². The lowest BCUT2D eigenvalue weighted by molar-refractivity contribution is -0.146. The lowest BCUT2D eigenvalue weighted by Crippen LogP contribution is -2.53. The number of aliphatic hydroxyl groups excluding tert-OH is 1. The molecule has 4 heteroatoms. The second-order valence-electron chi connectivity index (χ2n) is 7.77. The largest absolute Gasteiger partial charge is 0.467 e. The third kappa shape index (κ3) is 2.47. The molecule has 4 aliphatic carbocycles. The first-order chi connectivity index (χ1) is 10.6. The Morgan fingerprint density at radius 1 is 1.27 bits per heavy atom. The molecule has 4 aliphatic rings. The molecule has 1 heterocycles. The van der Waals surface area contributed by atoms with Crippen molar-refractivity contribution in [3.63, 3.8) is 0 Å². The molecule has 4 fully saturated rings. The molecule has 120 valence electrons. The summed E-state index contributed by atoms with van der Waals surface area (Å²) in [6.45, 7) is 0.516. The van der Waals surface area contributed by atoms with Gasteiger partial charge in [0.1, 0.15) is 11.9 Å². The van der Waals surface area contributed by atoms with Gasteiger partial charge >= 0.3 is 0 Å². The van der Waals surface area contributed by atoms with E-state index in [0.717, 1.165) is 37.0 Å². The number of aliphatic hydroxyl groups is 1. The number of hydrogen-bond donors (Lipinski definition) is 2. The quantitative estimate of drug-likeness (QED) is 0.879. The van der Waals surface area contributed by atoms with Crippen LogP contribution in [0.4, 0.5) is 0 Å². The van der Waals surface area contributed by atoms with Gasteiger partial charge in [0.25, 0.3) is 0 Å². The van der Waals surface area contributed by atoms with Crippen molar-refractivity contribution in [2.75, 3.05) is 6.54 Å². The lowest BCUT2D eigenvalue weighted by atomic mass is 9.49. The topological polar surface area (TPSA) is 62.5 Å². The van der Waals surface area contributed by atoms with Gasteiger partial charge in [-0.1, -0.05) is 0 Å². The van der Waals surface area contributed by atoms with Crippen molar-refractivity contribution in [2.24, 2.45) is 23.2 Å². The molecule has 0 spiro atoms. The van der Waals surface area contributed by atoms with Crippen LogP contribution >= 0.6 is 0 Å². The summed E-state index contributed by atoms with van der Waals surface area (Å²) in [7, 11) is 0. The fourth-order valence-electron chi connectivity index (χ4n) is 5.52. The number of hydrogen-bond acceptors (Lipinski definition) is 3. The van der Waals surface area contributed by atoms with E-state index in [0.29, 0.717) is 18.7 Å². The van der Waals surface area contributed by atoms with Crippen LogP contribution < -0.4 is 5.32 Å².